The molecule has 9 nitrogen and oxygen atoms in total. The molecule has 248 valence electrons. The molecular formula is C41H34N4O5. The minimum atomic E-state index is -0.549. The highest BCUT2D eigenvalue weighted by Gasteiger charge is 2.08. The Bertz CT molecular complexity index is 1870. The maximum absolute atomic E-state index is 12.7. The number of nitrogens with one attached hydrogen (secondary N) is 4. The monoisotopic (exact) mass is 662 g/mol. The molecule has 0 aliphatic heterocycles. The van der Waals surface area contributed by atoms with Crippen molar-refractivity contribution in [2.75, 3.05) is 21.3 Å². The van der Waals surface area contributed by atoms with Crippen LogP contribution in [0.1, 0.15) is 22.3 Å². The lowest BCUT2D eigenvalue weighted by atomic mass is 10.0. The molecule has 9 heteroatoms. The number of ether oxygens (including phenoxy) is 2. The first-order valence-electron chi connectivity index (χ1n) is 15.9. The molecule has 0 heterocycles. The van der Waals surface area contributed by atoms with Crippen molar-refractivity contribution >= 4 is 41.0 Å². The number of para-hydroxylation sites is 2. The smallest absolute Gasteiger partial charge is 0.410 e. The molecular weight excluding hydrogens is 628 g/mol. The number of amides is 4. The fraction of sp³-hybridized carbons (Fsp3) is 0.0488. The van der Waals surface area contributed by atoms with E-state index >= 15 is 0 Å². The van der Waals surface area contributed by atoms with Gasteiger partial charge in [0.05, 0.1) is 0 Å². The molecule has 0 bridgehead atoms. The van der Waals surface area contributed by atoms with Gasteiger partial charge >= 0.3 is 18.2 Å². The Morgan fingerprint density at radius 1 is 0.360 bits per heavy atom. The van der Waals surface area contributed by atoms with Crippen molar-refractivity contribution in [2.45, 2.75) is 12.8 Å². The van der Waals surface area contributed by atoms with Gasteiger partial charge in [-0.15, -0.1) is 0 Å². The zero-order valence-corrected chi connectivity index (χ0v) is 27.0. The van der Waals surface area contributed by atoms with Crippen molar-refractivity contribution in [3.8, 4) is 11.5 Å². The molecule has 6 aromatic rings. The molecule has 0 spiro atoms. The SMILES string of the molecule is O=C(Nc1ccc(Cc2ccc(NC(=O)Oc3ccccc3)cc2)cc1)Nc1ccc(Cc2ccc(NC(=O)Oc3ccccc3)cc2)cc1. The van der Waals surface area contributed by atoms with Gasteiger partial charge in [0.25, 0.3) is 0 Å². The summed E-state index contributed by atoms with van der Waals surface area (Å²) in [5.41, 5.74) is 6.92. The summed E-state index contributed by atoms with van der Waals surface area (Å²) in [6.45, 7) is 0. The van der Waals surface area contributed by atoms with Crippen molar-refractivity contribution in [1.82, 2.24) is 0 Å². The number of urea groups is 1. The van der Waals surface area contributed by atoms with Crippen LogP contribution in [-0.4, -0.2) is 18.2 Å². The van der Waals surface area contributed by atoms with Crippen LogP contribution in [-0.2, 0) is 12.8 Å². The second kappa shape index (κ2) is 16.3. The van der Waals surface area contributed by atoms with E-state index < -0.39 is 12.2 Å². The molecule has 6 aromatic carbocycles. The quantitative estimate of drug-likeness (QED) is 0.117. The van der Waals surface area contributed by atoms with Crippen LogP contribution in [0, 0.1) is 0 Å². The first kappa shape index (κ1) is 33.0. The molecule has 0 saturated carbocycles. The molecule has 6 rings (SSSR count). The Labute approximate surface area is 289 Å². The molecule has 0 aliphatic carbocycles. The molecule has 0 radical (unpaired) electrons. The molecule has 0 saturated heterocycles. The highest BCUT2D eigenvalue weighted by molar-refractivity contribution is 5.99. The van der Waals surface area contributed by atoms with Crippen LogP contribution in [0.5, 0.6) is 11.5 Å². The maximum Gasteiger partial charge on any atom is 0.417 e. The van der Waals surface area contributed by atoms with Gasteiger partial charge in [0.1, 0.15) is 11.5 Å². The van der Waals surface area contributed by atoms with E-state index in [2.05, 4.69) is 21.3 Å². The minimum Gasteiger partial charge on any atom is -0.410 e. The summed E-state index contributed by atoms with van der Waals surface area (Å²) < 4.78 is 10.5. The van der Waals surface area contributed by atoms with Crippen molar-refractivity contribution in [2.24, 2.45) is 0 Å². The Kier molecular flexibility index (Phi) is 10.8. The van der Waals surface area contributed by atoms with Crippen LogP contribution < -0.4 is 30.7 Å². The van der Waals surface area contributed by atoms with Gasteiger partial charge in [-0.25, -0.2) is 14.4 Å². The Morgan fingerprint density at radius 3 is 0.940 bits per heavy atom. The van der Waals surface area contributed by atoms with Crippen LogP contribution in [0.4, 0.5) is 37.1 Å². The number of hydrogen-bond acceptors (Lipinski definition) is 5. The lowest BCUT2D eigenvalue weighted by Crippen LogP contribution is -2.19. The normalized spacial score (nSPS) is 10.4. The number of rotatable bonds is 10. The van der Waals surface area contributed by atoms with E-state index in [9.17, 15) is 14.4 Å². The minimum absolute atomic E-state index is 0.340. The second-order valence-electron chi connectivity index (χ2n) is 11.4. The summed E-state index contributed by atoms with van der Waals surface area (Å²) >= 11 is 0. The molecule has 50 heavy (non-hydrogen) atoms. The van der Waals surface area contributed by atoms with Crippen molar-refractivity contribution in [3.05, 3.63) is 180 Å². The fourth-order valence-corrected chi connectivity index (χ4v) is 5.07. The predicted molar refractivity (Wildman–Crippen MR) is 196 cm³/mol. The van der Waals surface area contributed by atoms with Gasteiger partial charge in [-0.2, -0.15) is 0 Å². The zero-order valence-electron chi connectivity index (χ0n) is 27.0. The van der Waals surface area contributed by atoms with Gasteiger partial charge in [-0.3, -0.25) is 10.6 Å². The number of hydrogen-bond donors (Lipinski definition) is 4. The van der Waals surface area contributed by atoms with E-state index in [0.29, 0.717) is 47.1 Å². The average Bonchev–Trinajstić information content (AvgIpc) is 3.12. The Balaban J connectivity index is 0.923. The number of carbonyl (C=O) groups excluding carboxylic acids is 3. The fourth-order valence-electron chi connectivity index (χ4n) is 5.07. The maximum atomic E-state index is 12.7. The van der Waals surface area contributed by atoms with Gasteiger partial charge in [-0.1, -0.05) is 84.9 Å². The summed E-state index contributed by atoms with van der Waals surface area (Å²) in [5.74, 6) is 0.949. The first-order valence-corrected chi connectivity index (χ1v) is 15.9. The first-order chi connectivity index (χ1) is 24.4. The third kappa shape index (κ3) is 10.1. The standard InChI is InChI=1S/C41H34N4O5/c46-39(42-33-19-11-29(12-20-33)27-31-15-23-35(24-16-31)44-40(47)49-37-7-3-1-4-8-37)43-34-21-13-30(14-22-34)28-32-17-25-36(26-18-32)45-41(48)50-38-9-5-2-6-10-38/h1-26H,27-28H2,(H,44,47)(H,45,48)(H2,42,43,46). The predicted octanol–water partition coefficient (Wildman–Crippen LogP) is 9.73. The van der Waals surface area contributed by atoms with Crippen molar-refractivity contribution in [1.29, 1.82) is 0 Å². The Hall–Kier alpha value is -6.87. The van der Waals surface area contributed by atoms with Gasteiger partial charge in [0, 0.05) is 22.7 Å². The van der Waals surface area contributed by atoms with Crippen LogP contribution >= 0.6 is 0 Å². The molecule has 0 unspecified atom stereocenters. The van der Waals surface area contributed by atoms with Crippen LogP contribution in [0.3, 0.4) is 0 Å². The topological polar surface area (TPSA) is 118 Å². The molecule has 0 fully saturated rings. The molecule has 0 aromatic heterocycles. The summed E-state index contributed by atoms with van der Waals surface area (Å²) in [6.07, 6.45) is 0.286. The highest BCUT2D eigenvalue weighted by Crippen LogP contribution is 2.19. The summed E-state index contributed by atoms with van der Waals surface area (Å²) in [4.78, 5) is 36.9. The summed E-state index contributed by atoms with van der Waals surface area (Å²) in [5, 5.41) is 11.2. The average molecular weight is 663 g/mol. The number of anilines is 4. The molecule has 4 amide bonds. The van der Waals surface area contributed by atoms with Gasteiger partial charge in [-0.05, 0) is 108 Å². The number of benzene rings is 6. The molecule has 0 aliphatic rings. The summed E-state index contributed by atoms with van der Waals surface area (Å²) in [7, 11) is 0. The zero-order chi connectivity index (χ0) is 34.5. The third-order valence-electron chi connectivity index (χ3n) is 7.55. The van der Waals surface area contributed by atoms with E-state index in [-0.39, 0.29) is 6.03 Å². The van der Waals surface area contributed by atoms with E-state index in [1.807, 2.05) is 109 Å². The van der Waals surface area contributed by atoms with E-state index in [1.165, 1.54) is 0 Å². The van der Waals surface area contributed by atoms with Gasteiger partial charge in [0.15, 0.2) is 0 Å². The lowest BCUT2D eigenvalue weighted by molar-refractivity contribution is 0.214. The van der Waals surface area contributed by atoms with E-state index in [1.54, 1.807) is 48.5 Å². The second-order valence-corrected chi connectivity index (χ2v) is 11.4. The summed E-state index contributed by atoms with van der Waals surface area (Å²) in [6, 6.07) is 47.9. The lowest BCUT2D eigenvalue weighted by Gasteiger charge is -2.10. The number of carbonyl (C=O) groups is 3. The molecule has 4 N–H and O–H groups in total. The van der Waals surface area contributed by atoms with Crippen LogP contribution in [0.25, 0.3) is 0 Å². The Morgan fingerprint density at radius 2 is 0.640 bits per heavy atom. The third-order valence-corrected chi connectivity index (χ3v) is 7.55. The van der Waals surface area contributed by atoms with Gasteiger partial charge < -0.3 is 20.1 Å². The molecule has 0 atom stereocenters. The highest BCUT2D eigenvalue weighted by atomic mass is 16.6. The van der Waals surface area contributed by atoms with Crippen LogP contribution in [0.15, 0.2) is 158 Å². The van der Waals surface area contributed by atoms with E-state index in [4.69, 9.17) is 9.47 Å². The van der Waals surface area contributed by atoms with Crippen molar-refractivity contribution in [3.63, 3.8) is 0 Å². The van der Waals surface area contributed by atoms with Crippen molar-refractivity contribution < 1.29 is 23.9 Å². The van der Waals surface area contributed by atoms with Gasteiger partial charge in [0.2, 0.25) is 0 Å². The van der Waals surface area contributed by atoms with E-state index in [0.717, 1.165) is 22.3 Å². The largest absolute Gasteiger partial charge is 0.417 e. The van der Waals surface area contributed by atoms with Crippen LogP contribution in [0.2, 0.25) is 0 Å².